The van der Waals surface area contributed by atoms with Gasteiger partial charge in [-0.2, -0.15) is 5.10 Å². The molecule has 11 nitrogen and oxygen atoms in total. The number of hydrogen-bond acceptors (Lipinski definition) is 7. The van der Waals surface area contributed by atoms with Gasteiger partial charge >= 0.3 is 6.03 Å². The van der Waals surface area contributed by atoms with E-state index in [1.54, 1.807) is 6.20 Å². The summed E-state index contributed by atoms with van der Waals surface area (Å²) in [6.45, 7) is 12.2. The highest BCUT2D eigenvalue weighted by molar-refractivity contribution is 6.05. The van der Waals surface area contributed by atoms with E-state index in [2.05, 4.69) is 25.5 Å². The van der Waals surface area contributed by atoms with Crippen molar-refractivity contribution in [3.05, 3.63) is 78.5 Å². The highest BCUT2D eigenvalue weighted by atomic mass is 16.5. The van der Waals surface area contributed by atoms with Crippen LogP contribution in [0, 0.1) is 0 Å². The van der Waals surface area contributed by atoms with E-state index in [1.807, 2.05) is 90.2 Å². The number of morpholine rings is 2. The number of carbonyl (C=O) groups is 2. The molecule has 7 rings (SSSR count). The summed E-state index contributed by atoms with van der Waals surface area (Å²) in [5, 5.41) is 11.6. The molecule has 47 heavy (non-hydrogen) atoms. The zero-order chi connectivity index (χ0) is 32.6. The number of urea groups is 1. The van der Waals surface area contributed by atoms with Crippen molar-refractivity contribution in [2.75, 3.05) is 81.2 Å². The second-order valence-corrected chi connectivity index (χ2v) is 11.8. The zero-order valence-corrected chi connectivity index (χ0v) is 27.4. The van der Waals surface area contributed by atoms with E-state index in [0.717, 1.165) is 107 Å². The molecule has 0 spiro atoms. The van der Waals surface area contributed by atoms with Gasteiger partial charge in [0.2, 0.25) is 0 Å². The molecule has 0 bridgehead atoms. The molecule has 4 heterocycles. The van der Waals surface area contributed by atoms with Gasteiger partial charge in [-0.1, -0.05) is 13.8 Å². The molecule has 3 fully saturated rings. The van der Waals surface area contributed by atoms with Gasteiger partial charge in [-0.15, -0.1) is 0 Å². The van der Waals surface area contributed by atoms with Crippen LogP contribution in [0.3, 0.4) is 0 Å². The lowest BCUT2D eigenvalue weighted by molar-refractivity contribution is 0.00419. The Balaban J connectivity index is 0.00000190. The van der Waals surface area contributed by atoms with Gasteiger partial charge in [-0.3, -0.25) is 9.69 Å². The number of ether oxygens (including phenoxy) is 2. The first-order valence-electron chi connectivity index (χ1n) is 16.8. The molecule has 0 aliphatic carbocycles. The van der Waals surface area contributed by atoms with Crippen molar-refractivity contribution in [2.24, 2.45) is 0 Å². The number of rotatable bonds is 6. The summed E-state index contributed by atoms with van der Waals surface area (Å²) < 4.78 is 12.8. The average molecular weight is 640 g/mol. The number of likely N-dealkylation sites (tertiary alicyclic amines) is 1. The van der Waals surface area contributed by atoms with Crippen molar-refractivity contribution >= 4 is 39.9 Å². The smallest absolute Gasteiger partial charge is 0.321 e. The maximum absolute atomic E-state index is 12.9. The molecule has 11 heteroatoms. The molecule has 1 aromatic heterocycles. The van der Waals surface area contributed by atoms with E-state index in [0.29, 0.717) is 17.3 Å². The summed E-state index contributed by atoms with van der Waals surface area (Å²) in [5.41, 5.74) is 4.95. The first-order valence-corrected chi connectivity index (χ1v) is 16.8. The summed E-state index contributed by atoms with van der Waals surface area (Å²) in [5.74, 6) is -0.158. The Labute approximate surface area is 276 Å². The minimum Gasteiger partial charge on any atom is -0.379 e. The highest BCUT2D eigenvalue weighted by Crippen LogP contribution is 2.25. The van der Waals surface area contributed by atoms with E-state index in [1.165, 1.54) is 0 Å². The fourth-order valence-corrected chi connectivity index (χ4v) is 6.43. The van der Waals surface area contributed by atoms with Crippen molar-refractivity contribution in [1.82, 2.24) is 19.6 Å². The minimum atomic E-state index is -0.158. The first-order chi connectivity index (χ1) is 23.1. The fraction of sp³-hybridized carbons (Fsp3) is 0.417. The normalized spacial score (nSPS) is 17.6. The topological polar surface area (TPSA) is 104 Å². The van der Waals surface area contributed by atoms with Gasteiger partial charge in [0.1, 0.15) is 0 Å². The predicted octanol–water partition coefficient (Wildman–Crippen LogP) is 5.47. The Morgan fingerprint density at radius 3 is 2.02 bits per heavy atom. The first kappa shape index (κ1) is 32.5. The minimum absolute atomic E-state index is 0.0599. The molecule has 248 valence electrons. The standard InChI is InChI=1S/C34H39N7O4.C2H6/c42-33(25-1-6-29(7-2-25)38-15-19-44-20-16-38)36-28-5-10-32-26(23-28)24-35-41(32)31-8-3-27(4-9-31)37-34(43)40-13-11-30(12-14-40)39-17-21-45-22-18-39;1-2/h1-10,23-24,30H,11-22H2,(H,36,42)(H,37,43);1-2H3. The van der Waals surface area contributed by atoms with Gasteiger partial charge in [0.05, 0.1) is 43.8 Å². The molecule has 3 amide bonds. The second-order valence-electron chi connectivity index (χ2n) is 11.8. The van der Waals surface area contributed by atoms with Crippen molar-refractivity contribution in [3.8, 4) is 5.69 Å². The summed E-state index contributed by atoms with van der Waals surface area (Å²) in [4.78, 5) is 32.6. The van der Waals surface area contributed by atoms with Crippen LogP contribution in [0.5, 0.6) is 0 Å². The molecular formula is C36H45N7O4. The lowest BCUT2D eigenvalue weighted by atomic mass is 10.0. The number of anilines is 3. The van der Waals surface area contributed by atoms with Crippen LogP contribution in [-0.4, -0.2) is 103 Å². The number of piperidine rings is 1. The van der Waals surface area contributed by atoms with Crippen LogP contribution in [-0.2, 0) is 9.47 Å². The zero-order valence-electron chi connectivity index (χ0n) is 27.4. The van der Waals surface area contributed by atoms with Crippen LogP contribution in [0.2, 0.25) is 0 Å². The van der Waals surface area contributed by atoms with Crippen molar-refractivity contribution < 1.29 is 19.1 Å². The summed E-state index contributed by atoms with van der Waals surface area (Å²) in [7, 11) is 0. The Morgan fingerprint density at radius 1 is 0.723 bits per heavy atom. The molecule has 3 aliphatic heterocycles. The number of aromatic nitrogens is 2. The van der Waals surface area contributed by atoms with Crippen LogP contribution >= 0.6 is 0 Å². The second kappa shape index (κ2) is 15.4. The van der Waals surface area contributed by atoms with Gasteiger partial charge < -0.3 is 29.9 Å². The highest BCUT2D eigenvalue weighted by Gasteiger charge is 2.28. The van der Waals surface area contributed by atoms with Crippen molar-refractivity contribution in [1.29, 1.82) is 0 Å². The maximum Gasteiger partial charge on any atom is 0.321 e. The Morgan fingerprint density at radius 2 is 1.34 bits per heavy atom. The lowest BCUT2D eigenvalue weighted by Gasteiger charge is -2.40. The molecule has 3 aliphatic rings. The van der Waals surface area contributed by atoms with E-state index < -0.39 is 0 Å². The van der Waals surface area contributed by atoms with Gasteiger partial charge in [0, 0.05) is 73.3 Å². The molecule has 0 atom stereocenters. The molecular weight excluding hydrogens is 594 g/mol. The van der Waals surface area contributed by atoms with Gasteiger partial charge in [-0.25, -0.2) is 9.48 Å². The van der Waals surface area contributed by atoms with Gasteiger partial charge in [0.15, 0.2) is 0 Å². The Kier molecular flexibility index (Phi) is 10.7. The van der Waals surface area contributed by atoms with Crippen molar-refractivity contribution in [2.45, 2.75) is 32.7 Å². The monoisotopic (exact) mass is 639 g/mol. The largest absolute Gasteiger partial charge is 0.379 e. The average Bonchev–Trinajstić information content (AvgIpc) is 3.57. The molecule has 0 radical (unpaired) electrons. The molecule has 0 saturated carbocycles. The third-order valence-corrected chi connectivity index (χ3v) is 9.01. The van der Waals surface area contributed by atoms with E-state index in [9.17, 15) is 9.59 Å². The number of carbonyl (C=O) groups excluding carboxylic acids is 2. The third-order valence-electron chi connectivity index (χ3n) is 9.01. The van der Waals surface area contributed by atoms with Crippen LogP contribution < -0.4 is 15.5 Å². The number of benzene rings is 3. The number of hydrogen-bond donors (Lipinski definition) is 2. The number of nitrogens with one attached hydrogen (secondary N) is 2. The van der Waals surface area contributed by atoms with Crippen LogP contribution in [0.25, 0.3) is 16.6 Å². The summed E-state index contributed by atoms with van der Waals surface area (Å²) >= 11 is 0. The Hall–Kier alpha value is -4.45. The van der Waals surface area contributed by atoms with Crippen LogP contribution in [0.15, 0.2) is 72.9 Å². The summed E-state index contributed by atoms with van der Waals surface area (Å²) in [6.07, 6.45) is 3.78. The van der Waals surface area contributed by atoms with Gasteiger partial charge in [0.25, 0.3) is 5.91 Å². The van der Waals surface area contributed by atoms with E-state index >= 15 is 0 Å². The number of amides is 3. The van der Waals surface area contributed by atoms with Crippen LogP contribution in [0.1, 0.15) is 37.0 Å². The third kappa shape index (κ3) is 7.75. The maximum atomic E-state index is 12.9. The predicted molar refractivity (Wildman–Crippen MR) is 186 cm³/mol. The molecule has 3 saturated heterocycles. The van der Waals surface area contributed by atoms with Gasteiger partial charge in [-0.05, 0) is 79.6 Å². The summed E-state index contributed by atoms with van der Waals surface area (Å²) in [6, 6.07) is 21.6. The molecule has 2 N–H and O–H groups in total. The van der Waals surface area contributed by atoms with E-state index in [-0.39, 0.29) is 11.9 Å². The molecule has 0 unspecified atom stereocenters. The van der Waals surface area contributed by atoms with Crippen LogP contribution in [0.4, 0.5) is 21.9 Å². The number of fused-ring (bicyclic) bond motifs is 1. The van der Waals surface area contributed by atoms with E-state index in [4.69, 9.17) is 9.47 Å². The quantitative estimate of drug-likeness (QED) is 0.289. The number of nitrogens with zero attached hydrogens (tertiary/aromatic N) is 5. The van der Waals surface area contributed by atoms with Crippen molar-refractivity contribution in [3.63, 3.8) is 0 Å². The molecule has 3 aromatic carbocycles. The molecule has 4 aromatic rings. The Bertz CT molecular complexity index is 1620. The SMILES string of the molecule is CC.O=C(Nc1ccc2c(cnn2-c2ccc(NC(=O)N3CCC(N4CCOCC4)CC3)cc2)c1)c1ccc(N2CCOCC2)cc1. The lowest BCUT2D eigenvalue weighted by Crippen LogP contribution is -2.50. The fourth-order valence-electron chi connectivity index (χ4n) is 6.43.